The highest BCUT2D eigenvalue weighted by atomic mass is 15.1. The molecule has 0 aromatic heterocycles. The highest BCUT2D eigenvalue weighted by Gasteiger charge is 3.08. The van der Waals surface area contributed by atoms with E-state index in [1.807, 2.05) is 0 Å². The Labute approximate surface area is 85.4 Å². The van der Waals surface area contributed by atoms with Gasteiger partial charge in [-0.3, -0.25) is 0 Å². The summed E-state index contributed by atoms with van der Waals surface area (Å²) in [7, 11) is 0. The number of hydrogen-bond acceptors (Lipinski definition) is 0. The zero-order valence-electron chi connectivity index (χ0n) is 9.09. The van der Waals surface area contributed by atoms with Crippen LogP contribution in [-0.2, 0) is 0 Å². The van der Waals surface area contributed by atoms with Crippen LogP contribution in [0.1, 0.15) is 33.1 Å². The van der Waals surface area contributed by atoms with Crippen molar-refractivity contribution in [2.75, 3.05) is 0 Å². The van der Waals surface area contributed by atoms with Gasteiger partial charge in [-0.1, -0.05) is 13.8 Å². The monoisotopic (exact) mass is 186 g/mol. The van der Waals surface area contributed by atoms with E-state index in [0.29, 0.717) is 0 Å². The lowest BCUT2D eigenvalue weighted by molar-refractivity contribution is -0.251. The average Bonchev–Trinajstić information content (AvgIpc) is 2.41. The molecule has 9 atom stereocenters. The fraction of sp³-hybridized carbons (Fsp3) is 1.00. The summed E-state index contributed by atoms with van der Waals surface area (Å²) in [5.74, 6) is 7.19. The van der Waals surface area contributed by atoms with E-state index >= 15 is 0 Å². The van der Waals surface area contributed by atoms with Crippen molar-refractivity contribution in [2.45, 2.75) is 33.1 Å². The van der Waals surface area contributed by atoms with Gasteiger partial charge in [-0.05, 0) is 71.0 Å². The molecule has 0 amide bonds. The molecule has 6 aliphatic carbocycles. The minimum atomic E-state index is 0.870. The molecule has 0 radical (unpaired) electrons. The lowest BCUT2D eigenvalue weighted by Gasteiger charge is -2.72. The van der Waals surface area contributed by atoms with E-state index in [9.17, 15) is 0 Å². The Morgan fingerprint density at radius 1 is 1.14 bits per heavy atom. The Morgan fingerprint density at radius 2 is 2.00 bits per heavy atom. The van der Waals surface area contributed by atoms with E-state index in [0.717, 1.165) is 28.1 Å². The predicted molar refractivity (Wildman–Crippen MR) is 53.4 cm³/mol. The van der Waals surface area contributed by atoms with E-state index in [-0.39, 0.29) is 0 Å². The van der Waals surface area contributed by atoms with Crippen LogP contribution in [0, 0.1) is 51.8 Å². The fourth-order valence-electron chi connectivity index (χ4n) is 9.01. The average molecular weight is 186 g/mol. The third-order valence-corrected chi connectivity index (χ3v) is 8.74. The molecule has 6 fully saturated rings. The fourth-order valence-corrected chi connectivity index (χ4v) is 9.01. The molecule has 0 heteroatoms. The Bertz CT molecular complexity index is 410. The Morgan fingerprint density at radius 3 is 2.86 bits per heavy atom. The van der Waals surface area contributed by atoms with Crippen molar-refractivity contribution in [3.05, 3.63) is 0 Å². The summed E-state index contributed by atoms with van der Waals surface area (Å²) in [4.78, 5) is 0. The van der Waals surface area contributed by atoms with Crippen molar-refractivity contribution in [3.63, 3.8) is 0 Å². The van der Waals surface area contributed by atoms with Crippen LogP contribution >= 0.6 is 0 Å². The van der Waals surface area contributed by atoms with Crippen LogP contribution in [0.2, 0.25) is 0 Å². The van der Waals surface area contributed by atoms with Crippen molar-refractivity contribution in [1.82, 2.24) is 0 Å². The molecule has 2 spiro atoms. The summed E-state index contributed by atoms with van der Waals surface area (Å²) in [6.45, 7) is 5.31. The van der Waals surface area contributed by atoms with E-state index in [4.69, 9.17) is 0 Å². The highest BCUT2D eigenvalue weighted by molar-refractivity contribution is 5.54. The van der Waals surface area contributed by atoms with Gasteiger partial charge in [0.25, 0.3) is 0 Å². The van der Waals surface area contributed by atoms with Crippen LogP contribution in [0.15, 0.2) is 0 Å². The molecule has 6 rings (SSSR count). The summed E-state index contributed by atoms with van der Waals surface area (Å²) in [5, 5.41) is 0. The van der Waals surface area contributed by atoms with E-state index < -0.39 is 0 Å². The van der Waals surface area contributed by atoms with Gasteiger partial charge in [-0.15, -0.1) is 0 Å². The van der Waals surface area contributed by atoms with Gasteiger partial charge in [0, 0.05) is 0 Å². The Balaban J connectivity index is 1.79. The normalized spacial score (nSPS) is 93.0. The molecular weight excluding hydrogens is 168 g/mol. The van der Waals surface area contributed by atoms with E-state index in [2.05, 4.69) is 13.8 Å². The van der Waals surface area contributed by atoms with Crippen LogP contribution in [0.5, 0.6) is 0 Å². The third kappa shape index (κ3) is 0.251. The molecule has 0 saturated heterocycles. The SMILES string of the molecule is CC1C2CC3CC45C6C4C1(C5C2)C36C. The first kappa shape index (κ1) is 6.55. The zero-order chi connectivity index (χ0) is 9.09. The van der Waals surface area contributed by atoms with Gasteiger partial charge in [0.05, 0.1) is 0 Å². The molecule has 0 aromatic rings. The molecule has 0 aromatic carbocycles. The number of rotatable bonds is 0. The molecule has 6 saturated carbocycles. The second-order valence-corrected chi connectivity index (χ2v) is 7.76. The molecule has 0 N–H and O–H groups in total. The number of fused-ring (bicyclic) bond motifs is 1. The van der Waals surface area contributed by atoms with Crippen LogP contribution in [0.4, 0.5) is 0 Å². The standard InChI is InChI=1S/C14H18/c1-6-7-3-8-5-13-9(4-7)14(6)11(13)10(13)12(8,14)2/h6-11H,3-5H2,1-2H3. The third-order valence-electron chi connectivity index (χ3n) is 8.74. The summed E-state index contributed by atoms with van der Waals surface area (Å²) >= 11 is 0. The maximum absolute atomic E-state index is 2.70. The van der Waals surface area contributed by atoms with Gasteiger partial charge in [0.15, 0.2) is 0 Å². The number of hydrogen-bond donors (Lipinski definition) is 0. The van der Waals surface area contributed by atoms with Crippen molar-refractivity contribution in [2.24, 2.45) is 51.8 Å². The van der Waals surface area contributed by atoms with Gasteiger partial charge >= 0.3 is 0 Å². The van der Waals surface area contributed by atoms with Crippen LogP contribution < -0.4 is 0 Å². The molecule has 9 unspecified atom stereocenters. The summed E-state index contributed by atoms with van der Waals surface area (Å²) < 4.78 is 0. The lowest BCUT2D eigenvalue weighted by Crippen LogP contribution is -2.68. The second kappa shape index (κ2) is 1.23. The molecular formula is C14H18. The van der Waals surface area contributed by atoms with Gasteiger partial charge in [0.2, 0.25) is 0 Å². The van der Waals surface area contributed by atoms with Crippen LogP contribution in [0.25, 0.3) is 0 Å². The second-order valence-electron chi connectivity index (χ2n) is 7.76. The molecule has 0 nitrogen and oxygen atoms in total. The van der Waals surface area contributed by atoms with Crippen LogP contribution in [-0.4, -0.2) is 0 Å². The van der Waals surface area contributed by atoms with Gasteiger partial charge < -0.3 is 0 Å². The van der Waals surface area contributed by atoms with Crippen molar-refractivity contribution >= 4 is 0 Å². The largest absolute Gasteiger partial charge is 0.0617 e. The predicted octanol–water partition coefficient (Wildman–Crippen LogP) is 2.93. The maximum atomic E-state index is 2.70. The molecule has 0 heterocycles. The van der Waals surface area contributed by atoms with Crippen molar-refractivity contribution in [3.8, 4) is 0 Å². The minimum absolute atomic E-state index is 0.870. The Hall–Kier alpha value is 0. The molecule has 6 aliphatic rings. The Kier molecular flexibility index (Phi) is 0.576. The quantitative estimate of drug-likeness (QED) is 0.545. The van der Waals surface area contributed by atoms with Gasteiger partial charge in [0.1, 0.15) is 0 Å². The lowest BCUT2D eigenvalue weighted by atomic mass is 9.32. The molecule has 0 aliphatic heterocycles. The first-order valence-electron chi connectivity index (χ1n) is 6.70. The first-order chi connectivity index (χ1) is 6.70. The van der Waals surface area contributed by atoms with Crippen molar-refractivity contribution < 1.29 is 0 Å². The first-order valence-corrected chi connectivity index (χ1v) is 6.70. The van der Waals surface area contributed by atoms with Gasteiger partial charge in [-0.25, -0.2) is 0 Å². The summed E-state index contributed by atoms with van der Waals surface area (Å²) in [6.07, 6.45) is 4.95. The molecule has 74 valence electrons. The molecule has 2 bridgehead atoms. The molecule has 14 heavy (non-hydrogen) atoms. The maximum Gasteiger partial charge on any atom is -0.0139 e. The zero-order valence-corrected chi connectivity index (χ0v) is 9.09. The van der Waals surface area contributed by atoms with Gasteiger partial charge in [-0.2, -0.15) is 0 Å². The topological polar surface area (TPSA) is 0 Å². The summed E-state index contributed by atoms with van der Waals surface area (Å²) in [6, 6.07) is 0. The van der Waals surface area contributed by atoms with Crippen molar-refractivity contribution in [1.29, 1.82) is 0 Å². The van der Waals surface area contributed by atoms with Crippen LogP contribution in [0.3, 0.4) is 0 Å². The highest BCUT2D eigenvalue weighted by Crippen LogP contribution is 3.12. The smallest absolute Gasteiger partial charge is 0.0139 e. The minimum Gasteiger partial charge on any atom is -0.0617 e. The summed E-state index contributed by atoms with van der Waals surface area (Å²) in [5.41, 5.74) is 2.79. The van der Waals surface area contributed by atoms with E-state index in [1.54, 1.807) is 19.3 Å². The van der Waals surface area contributed by atoms with E-state index in [1.165, 1.54) is 23.7 Å².